The number of ether oxygens (including phenoxy) is 2. The number of aromatic amines is 1. The Morgan fingerprint density at radius 3 is 2.71 bits per heavy atom. The number of benzene rings is 2. The fourth-order valence-corrected chi connectivity index (χ4v) is 4.12. The fourth-order valence-electron chi connectivity index (χ4n) is 4.12. The average molecular weight is 485 g/mol. The minimum Gasteiger partial charge on any atom is -0.495 e. The van der Waals surface area contributed by atoms with Crippen molar-refractivity contribution in [3.05, 3.63) is 71.8 Å². The highest BCUT2D eigenvalue weighted by molar-refractivity contribution is 5.95. The lowest BCUT2D eigenvalue weighted by Crippen LogP contribution is -2.52. The zero-order valence-electron chi connectivity index (χ0n) is 18.7. The minimum absolute atomic E-state index is 0.0448. The Bertz CT molecular complexity index is 1220. The number of imidazole rings is 1. The molecule has 1 unspecified atom stereocenters. The number of hydrogen-bond donors (Lipinski definition) is 1. The van der Waals surface area contributed by atoms with Crippen LogP contribution in [0.5, 0.6) is 11.5 Å². The molecule has 1 fully saturated rings. The third kappa shape index (κ3) is 5.73. The number of halogens is 3. The monoisotopic (exact) mass is 485 g/mol. The largest absolute Gasteiger partial charge is 0.573 e. The first kappa shape index (κ1) is 24.1. The van der Waals surface area contributed by atoms with Crippen molar-refractivity contribution in [3.8, 4) is 17.6 Å². The molecule has 0 bridgehead atoms. The van der Waals surface area contributed by atoms with Crippen LogP contribution in [0.3, 0.4) is 0 Å². The molecule has 1 atom stereocenters. The molecule has 182 valence electrons. The maximum atomic E-state index is 13.0. The Balaban J connectivity index is 1.53. The number of amides is 1. The number of aromatic nitrogens is 2. The molecule has 35 heavy (non-hydrogen) atoms. The van der Waals surface area contributed by atoms with Gasteiger partial charge in [-0.3, -0.25) is 9.69 Å². The van der Waals surface area contributed by atoms with Crippen molar-refractivity contribution in [2.75, 3.05) is 31.6 Å². The molecule has 1 aromatic heterocycles. The van der Waals surface area contributed by atoms with Gasteiger partial charge in [-0.1, -0.05) is 12.1 Å². The van der Waals surface area contributed by atoms with Crippen LogP contribution >= 0.6 is 0 Å². The Labute approximate surface area is 199 Å². The van der Waals surface area contributed by atoms with Gasteiger partial charge in [-0.15, -0.1) is 13.2 Å². The van der Waals surface area contributed by atoms with Crippen LogP contribution in [0, 0.1) is 11.3 Å². The Morgan fingerprint density at radius 1 is 1.23 bits per heavy atom. The predicted molar refractivity (Wildman–Crippen MR) is 120 cm³/mol. The van der Waals surface area contributed by atoms with Crippen LogP contribution < -0.4 is 14.4 Å². The second kappa shape index (κ2) is 10.1. The lowest BCUT2D eigenvalue weighted by Gasteiger charge is -2.38. The summed E-state index contributed by atoms with van der Waals surface area (Å²) in [6.07, 6.45) is -0.985. The number of rotatable bonds is 7. The Morgan fingerprint density at radius 2 is 2.06 bits per heavy atom. The molecular formula is C24H22F3N5O3. The number of H-pyrrole nitrogens is 1. The van der Waals surface area contributed by atoms with E-state index >= 15 is 0 Å². The molecule has 3 aromatic rings. The lowest BCUT2D eigenvalue weighted by molar-refractivity contribution is -0.274. The smallest absolute Gasteiger partial charge is 0.495 e. The molecule has 0 radical (unpaired) electrons. The predicted octanol–water partition coefficient (Wildman–Crippen LogP) is 3.82. The summed E-state index contributed by atoms with van der Waals surface area (Å²) < 4.78 is 47.1. The normalized spacial score (nSPS) is 15.5. The number of carbonyl (C=O) groups excluding carboxylic acids is 1. The van der Waals surface area contributed by atoms with E-state index in [1.165, 1.54) is 30.2 Å². The Kier molecular flexibility index (Phi) is 6.93. The van der Waals surface area contributed by atoms with Gasteiger partial charge >= 0.3 is 6.36 Å². The number of anilines is 1. The van der Waals surface area contributed by atoms with Gasteiger partial charge in [0.1, 0.15) is 23.4 Å². The van der Waals surface area contributed by atoms with Gasteiger partial charge in [0.2, 0.25) is 5.91 Å². The van der Waals surface area contributed by atoms with Gasteiger partial charge in [-0.2, -0.15) is 5.26 Å². The van der Waals surface area contributed by atoms with Crippen LogP contribution in [0.2, 0.25) is 0 Å². The molecule has 1 aliphatic heterocycles. The molecule has 1 aliphatic rings. The highest BCUT2D eigenvalue weighted by Gasteiger charge is 2.33. The van der Waals surface area contributed by atoms with Crippen molar-refractivity contribution in [2.45, 2.75) is 18.8 Å². The van der Waals surface area contributed by atoms with Crippen molar-refractivity contribution >= 4 is 11.6 Å². The number of hydrogen-bond acceptors (Lipinski definition) is 6. The number of alkyl halides is 3. The van der Waals surface area contributed by atoms with E-state index < -0.39 is 6.36 Å². The number of nitriles is 1. The highest BCUT2D eigenvalue weighted by atomic mass is 19.4. The van der Waals surface area contributed by atoms with Crippen molar-refractivity contribution in [1.29, 1.82) is 5.26 Å². The van der Waals surface area contributed by atoms with E-state index in [2.05, 4.69) is 20.8 Å². The maximum absolute atomic E-state index is 13.0. The van der Waals surface area contributed by atoms with Crippen LogP contribution in [0.1, 0.15) is 23.0 Å². The average Bonchev–Trinajstić information content (AvgIpc) is 3.36. The van der Waals surface area contributed by atoms with Gasteiger partial charge in [0, 0.05) is 37.2 Å². The van der Waals surface area contributed by atoms with Crippen LogP contribution in [0.15, 0.2) is 54.9 Å². The van der Waals surface area contributed by atoms with Crippen molar-refractivity contribution in [1.82, 2.24) is 14.9 Å². The number of carbonyl (C=O) groups is 1. The quantitative estimate of drug-likeness (QED) is 0.547. The summed E-state index contributed by atoms with van der Waals surface area (Å²) in [5, 5.41) is 9.24. The summed E-state index contributed by atoms with van der Waals surface area (Å²) in [5.41, 5.74) is 1.66. The molecule has 11 heteroatoms. The van der Waals surface area contributed by atoms with Gasteiger partial charge < -0.3 is 19.4 Å². The molecule has 0 aliphatic carbocycles. The number of methoxy groups -OCH3 is 1. The zero-order chi connectivity index (χ0) is 25.0. The minimum atomic E-state index is -4.81. The summed E-state index contributed by atoms with van der Waals surface area (Å²) in [5.74, 6) is 0.503. The molecule has 1 saturated heterocycles. The van der Waals surface area contributed by atoms with Crippen LogP contribution in [-0.2, 0) is 11.2 Å². The zero-order valence-corrected chi connectivity index (χ0v) is 18.7. The van der Waals surface area contributed by atoms with Crippen LogP contribution in [-0.4, -0.2) is 53.9 Å². The van der Waals surface area contributed by atoms with E-state index in [-0.39, 0.29) is 30.8 Å². The van der Waals surface area contributed by atoms with Gasteiger partial charge in [0.05, 0.1) is 25.3 Å². The highest BCUT2D eigenvalue weighted by Crippen LogP contribution is 2.31. The molecule has 0 saturated carbocycles. The molecular weight excluding hydrogens is 463 g/mol. The van der Waals surface area contributed by atoms with Crippen LogP contribution in [0.25, 0.3) is 0 Å². The van der Waals surface area contributed by atoms with Gasteiger partial charge in [-0.25, -0.2) is 4.98 Å². The van der Waals surface area contributed by atoms with E-state index in [4.69, 9.17) is 4.74 Å². The number of nitrogens with zero attached hydrogens (tertiary/aromatic N) is 4. The van der Waals surface area contributed by atoms with Crippen molar-refractivity contribution < 1.29 is 27.4 Å². The molecule has 1 amide bonds. The van der Waals surface area contributed by atoms with E-state index in [0.29, 0.717) is 35.8 Å². The maximum Gasteiger partial charge on any atom is 0.573 e. The number of nitrogens with one attached hydrogen (secondary N) is 1. The molecule has 8 nitrogen and oxygen atoms in total. The van der Waals surface area contributed by atoms with E-state index in [1.54, 1.807) is 30.6 Å². The SMILES string of the molecule is COc1cc(CC(c2ncc[nH]2)N2CCN(c3cccc(OC(F)(F)F)c3)C(=O)C2)ccc1C#N. The summed E-state index contributed by atoms with van der Waals surface area (Å²) in [6.45, 7) is 0.792. The molecule has 1 N–H and O–H groups in total. The van der Waals surface area contributed by atoms with Gasteiger partial charge in [0.15, 0.2) is 0 Å². The Hall–Kier alpha value is -4.04. The van der Waals surface area contributed by atoms with E-state index in [0.717, 1.165) is 5.56 Å². The third-order valence-corrected chi connectivity index (χ3v) is 5.70. The van der Waals surface area contributed by atoms with Gasteiger partial charge in [-0.05, 0) is 36.2 Å². The molecule has 2 heterocycles. The summed E-state index contributed by atoms with van der Waals surface area (Å²) in [4.78, 5) is 24.0. The van der Waals surface area contributed by atoms with E-state index in [1.807, 2.05) is 11.0 Å². The molecule has 4 rings (SSSR count). The first-order chi connectivity index (χ1) is 16.8. The van der Waals surface area contributed by atoms with Gasteiger partial charge in [0.25, 0.3) is 0 Å². The molecule has 0 spiro atoms. The fraction of sp³-hybridized carbons (Fsp3) is 0.292. The first-order valence-electron chi connectivity index (χ1n) is 10.7. The number of piperazine rings is 1. The summed E-state index contributed by atoms with van der Waals surface area (Å²) >= 11 is 0. The van der Waals surface area contributed by atoms with E-state index in [9.17, 15) is 23.2 Å². The first-order valence-corrected chi connectivity index (χ1v) is 10.7. The second-order valence-corrected chi connectivity index (χ2v) is 7.90. The van der Waals surface area contributed by atoms with Crippen molar-refractivity contribution in [2.24, 2.45) is 0 Å². The third-order valence-electron chi connectivity index (χ3n) is 5.70. The van der Waals surface area contributed by atoms with Crippen molar-refractivity contribution in [3.63, 3.8) is 0 Å². The van der Waals surface area contributed by atoms with Crippen LogP contribution in [0.4, 0.5) is 18.9 Å². The lowest BCUT2D eigenvalue weighted by atomic mass is 10.0. The summed E-state index contributed by atoms with van der Waals surface area (Å²) in [7, 11) is 1.50. The topological polar surface area (TPSA) is 94.5 Å². The standard InChI is InChI=1S/C24H22F3N5O3/c1-34-21-12-16(5-6-17(21)14-28)11-20(23-29-7-8-30-23)31-9-10-32(22(33)15-31)18-3-2-4-19(13-18)35-24(25,26)27/h2-8,12-13,20H,9-11,15H2,1H3,(H,29,30). The second-order valence-electron chi connectivity index (χ2n) is 7.90. The summed E-state index contributed by atoms with van der Waals surface area (Å²) in [6, 6.07) is 12.5. The molecule has 2 aromatic carbocycles.